The molecule has 20 saturated carbocycles. The summed E-state index contributed by atoms with van der Waals surface area (Å²) < 4.78 is 38.6. The fourth-order valence-corrected chi connectivity index (χ4v) is 30.0. The predicted molar refractivity (Wildman–Crippen MR) is 420 cm³/mol. The van der Waals surface area contributed by atoms with Gasteiger partial charge in [0.15, 0.2) is 0 Å². The molecule has 20 rings (SSSR count). The minimum Gasteiger partial charge on any atom is -0.459 e. The molecule has 14 nitrogen and oxygen atoms in total. The van der Waals surface area contributed by atoms with Crippen LogP contribution >= 0.6 is 0 Å². The smallest absolute Gasteiger partial charge is 0.333 e. The van der Waals surface area contributed by atoms with Gasteiger partial charge in [0, 0.05) is 51.9 Å². The van der Waals surface area contributed by atoms with Crippen LogP contribution in [0.15, 0.2) is 87.1 Å². The van der Waals surface area contributed by atoms with Crippen LogP contribution in [0.2, 0.25) is 0 Å². The molecule has 33 atom stereocenters. The lowest BCUT2D eigenvalue weighted by molar-refractivity contribution is -0.152. The van der Waals surface area contributed by atoms with E-state index in [1.165, 1.54) is 172 Å². The molecule has 33 unspecified atom stereocenters. The lowest BCUT2D eigenvalue weighted by atomic mass is 9.70. The molecule has 20 aliphatic carbocycles. The summed E-state index contributed by atoms with van der Waals surface area (Å²) >= 11 is 0. The Balaban J connectivity index is 0.000000107. The summed E-state index contributed by atoms with van der Waals surface area (Å²) in [6.07, 6.45) is 45.2. The minimum atomic E-state index is -0.274. The lowest BCUT2D eigenvalue weighted by Crippen LogP contribution is -2.38. The first kappa shape index (κ1) is 80.1. The number of hydrogen-bond donors (Lipinski definition) is 0. The zero-order valence-corrected chi connectivity index (χ0v) is 68.1. The zero-order valence-electron chi connectivity index (χ0n) is 68.1. The van der Waals surface area contributed by atoms with E-state index < -0.39 is 0 Å². The molecule has 0 aromatic carbocycles. The van der Waals surface area contributed by atoms with E-state index in [9.17, 15) is 33.6 Å². The molecule has 0 saturated heterocycles. The van der Waals surface area contributed by atoms with Crippen molar-refractivity contribution >= 4 is 41.8 Å². The number of ether oxygens (including phenoxy) is 7. The van der Waals surface area contributed by atoms with Gasteiger partial charge in [-0.3, -0.25) is 0 Å². The summed E-state index contributed by atoms with van der Waals surface area (Å²) in [5, 5.41) is 0. The summed E-state index contributed by atoms with van der Waals surface area (Å²) in [6, 6.07) is 0. The van der Waals surface area contributed by atoms with Gasteiger partial charge in [0.05, 0.1) is 0 Å². The average Bonchev–Trinajstić information content (AvgIpc) is 1.59. The van der Waals surface area contributed by atoms with Gasteiger partial charge in [0.25, 0.3) is 0 Å². The van der Waals surface area contributed by atoms with Gasteiger partial charge in [-0.2, -0.15) is 0 Å². The number of esters is 7. The molecule has 0 N–H and O–H groups in total. The Labute approximate surface area is 653 Å². The van der Waals surface area contributed by atoms with E-state index >= 15 is 0 Å². The highest BCUT2D eigenvalue weighted by Crippen LogP contribution is 2.71. The van der Waals surface area contributed by atoms with Gasteiger partial charge in [-0.1, -0.05) is 100 Å². The van der Waals surface area contributed by atoms with E-state index in [1.54, 1.807) is 20.8 Å². The molecule has 20 aliphatic rings. The van der Waals surface area contributed by atoms with Crippen molar-refractivity contribution in [3.63, 3.8) is 0 Å². The quantitative estimate of drug-likeness (QED) is 0.0692. The van der Waals surface area contributed by atoms with Crippen LogP contribution in [0.5, 0.6) is 0 Å². The summed E-state index contributed by atoms with van der Waals surface area (Å²) in [5.41, 5.74) is 2.50. The van der Waals surface area contributed by atoms with E-state index in [-0.39, 0.29) is 95.3 Å². The van der Waals surface area contributed by atoms with E-state index in [1.807, 2.05) is 0 Å². The molecule has 600 valence electrons. The summed E-state index contributed by atoms with van der Waals surface area (Å²) in [6.45, 7) is 43.8. The molecule has 0 radical (unpaired) electrons. The van der Waals surface area contributed by atoms with Crippen molar-refractivity contribution in [1.82, 2.24) is 0 Å². The Kier molecular flexibility index (Phi) is 23.3. The van der Waals surface area contributed by atoms with Crippen LogP contribution in [0.25, 0.3) is 0 Å². The van der Waals surface area contributed by atoms with Gasteiger partial charge in [-0.25, -0.2) is 33.6 Å². The number of hydrogen-bond acceptors (Lipinski definition) is 14. The highest BCUT2D eigenvalue weighted by atomic mass is 16.6. The highest BCUT2D eigenvalue weighted by Gasteiger charge is 2.67. The largest absolute Gasteiger partial charge is 0.459 e. The second-order valence-corrected chi connectivity index (χ2v) is 40.8. The first-order chi connectivity index (χ1) is 51.9. The van der Waals surface area contributed by atoms with Crippen LogP contribution in [0, 0.1) is 164 Å². The second-order valence-electron chi connectivity index (χ2n) is 40.8. The average molecular weight is 1500 g/mol. The summed E-state index contributed by atoms with van der Waals surface area (Å²) in [4.78, 5) is 79.6. The number of fused-ring (bicyclic) bond motifs is 34. The molecule has 0 spiro atoms. The molecular formula is C95H136O14. The maximum Gasteiger partial charge on any atom is 0.333 e. The van der Waals surface area contributed by atoms with Crippen LogP contribution in [-0.4, -0.2) is 84.5 Å². The van der Waals surface area contributed by atoms with E-state index in [0.717, 1.165) is 146 Å². The van der Waals surface area contributed by atoms with Crippen molar-refractivity contribution in [3.8, 4) is 0 Å². The Morgan fingerprint density at radius 3 is 1.01 bits per heavy atom. The first-order valence-electron chi connectivity index (χ1n) is 43.8. The maximum absolute atomic E-state index is 11.7. The second kappa shape index (κ2) is 31.7. The normalized spacial score (nSPS) is 45.6. The van der Waals surface area contributed by atoms with Crippen molar-refractivity contribution in [1.29, 1.82) is 0 Å². The molecule has 0 aliphatic heterocycles. The molecule has 109 heavy (non-hydrogen) atoms. The van der Waals surface area contributed by atoms with Crippen molar-refractivity contribution in [2.75, 3.05) is 0 Å². The number of rotatable bonds is 14. The molecule has 0 aromatic rings. The van der Waals surface area contributed by atoms with Crippen molar-refractivity contribution in [2.45, 2.75) is 298 Å². The Hall–Kier alpha value is -5.53. The maximum atomic E-state index is 11.7. The SMILES string of the molecule is C=C(C)C(=O)OC1CC2CC1C1C3CCC(C3)C21.C=C(C)C(=O)OC1CC2CC1C1CCCC21.C=C(C)C(=O)OC1CC2CCC1(C)C2(C)C.C=CC(=O)OC1CC2CC1C1C3CCC(C3)C21.C=CC(=O)OC1CC2CC1C1CCCC21.C=CC(=O)OC1CC2CCC1(C)C2(C)C.C=CC(=O)OC1CC2CCC1C2. The molecule has 14 heteroatoms. The lowest BCUT2D eigenvalue weighted by Gasteiger charge is -2.38. The van der Waals surface area contributed by atoms with Crippen LogP contribution in [0.4, 0.5) is 0 Å². The molecule has 20 fully saturated rings. The standard InChI is InChI=1S/C16H22O2.C15H20O2.C14H20O2.C14H22O2.C13H18O2.C13H20O2.C10H14O2/c1-8(2)16(17)18-13-7-11-6-12(13)15-10-4-3-9(5-10)14(11)15;1-2-13(16)17-12-7-10-6-11(12)15-9-4-3-8(5-9)14(10)15;1-8(2)14(15)16-13-7-9-6-12(13)11-5-3-4-10(9)11;1-9(2)12(15)16-11-8-10-6-7-14(11,5)13(10,3)4;1-2-13(14)15-12-7-8-6-11(12)10-5-3-4-9(8)10;1-5-11(14)15-10-8-9-6-7-13(10,4)12(9,2)3;1-2-10(11)12-9-6-7-3-4-8(9)5-7/h9-15H,1,3-7H2,2H3;2,8-12,14-15H,1,3-7H2;9-13H,1,3-7H2,2H3;10-11H,1,6-8H2,2-5H3;2,8-12H,1,3-7H2;5,9-10H,1,6-8H2,2-4H3;2,7-9H,1,3-6H2. The Morgan fingerprint density at radius 1 is 0.294 bits per heavy atom. The van der Waals surface area contributed by atoms with Gasteiger partial charge in [-0.05, 0) is 353 Å². The Morgan fingerprint density at radius 2 is 0.633 bits per heavy atom. The topological polar surface area (TPSA) is 184 Å². The van der Waals surface area contributed by atoms with Gasteiger partial charge in [-0.15, -0.1) is 0 Å². The zero-order chi connectivity index (χ0) is 77.7. The van der Waals surface area contributed by atoms with Gasteiger partial charge in [0.1, 0.15) is 42.7 Å². The van der Waals surface area contributed by atoms with E-state index in [4.69, 9.17) is 33.2 Å². The molecule has 0 heterocycles. The first-order valence-corrected chi connectivity index (χ1v) is 43.8. The van der Waals surface area contributed by atoms with Gasteiger partial charge in [0.2, 0.25) is 0 Å². The summed E-state index contributed by atoms with van der Waals surface area (Å²) in [7, 11) is 0. The molecule has 0 aromatic heterocycles. The van der Waals surface area contributed by atoms with Crippen LogP contribution in [0.1, 0.15) is 255 Å². The van der Waals surface area contributed by atoms with Crippen LogP contribution in [0.3, 0.4) is 0 Å². The number of carbonyl (C=O) groups is 7. The Bertz CT molecular complexity index is 3540. The highest BCUT2D eigenvalue weighted by molar-refractivity contribution is 5.88. The van der Waals surface area contributed by atoms with E-state index in [2.05, 4.69) is 87.6 Å². The third-order valence-corrected chi connectivity index (χ3v) is 35.7. The monoisotopic (exact) mass is 1500 g/mol. The number of carbonyl (C=O) groups excluding carboxylic acids is 7. The fraction of sp³-hybridized carbons (Fsp3) is 0.779. The van der Waals surface area contributed by atoms with Crippen molar-refractivity contribution < 1.29 is 66.7 Å². The van der Waals surface area contributed by atoms with Crippen LogP contribution < -0.4 is 0 Å². The summed E-state index contributed by atoms with van der Waals surface area (Å²) in [5.74, 6) is 18.9. The third kappa shape index (κ3) is 14.9. The van der Waals surface area contributed by atoms with Gasteiger partial charge < -0.3 is 33.2 Å². The third-order valence-electron chi connectivity index (χ3n) is 35.7. The van der Waals surface area contributed by atoms with E-state index in [0.29, 0.717) is 69.0 Å². The fourth-order valence-electron chi connectivity index (χ4n) is 30.0. The molecule has 18 bridgehead atoms. The predicted octanol–water partition coefficient (Wildman–Crippen LogP) is 19.6. The molecule has 0 amide bonds. The van der Waals surface area contributed by atoms with Crippen LogP contribution in [-0.2, 0) is 66.7 Å². The molecular weight excluding hydrogens is 1370 g/mol. The van der Waals surface area contributed by atoms with Crippen molar-refractivity contribution in [2.24, 2.45) is 164 Å². The van der Waals surface area contributed by atoms with Crippen molar-refractivity contribution in [3.05, 3.63) is 87.1 Å². The van der Waals surface area contributed by atoms with Gasteiger partial charge >= 0.3 is 41.8 Å². The minimum absolute atomic E-state index is 0.0884.